The number of nitrogens with zero attached hydrogens (tertiary/aromatic N) is 2. The average molecular weight is 448 g/mol. The standard InChI is InChI=1S/C21H23BrFN3O2/c1-14-3-4-16(11-15(14)2)21(28)26-9-7-25(8-10-26)13-20(27)24-19-6-5-17(22)12-18(19)23/h3-6,11-12H,7-10,13H2,1-2H3,(H,24,27). The van der Waals surface area contributed by atoms with Gasteiger partial charge < -0.3 is 10.2 Å². The lowest BCUT2D eigenvalue weighted by atomic mass is 10.1. The Morgan fingerprint density at radius 2 is 1.75 bits per heavy atom. The van der Waals surface area contributed by atoms with Crippen LogP contribution in [-0.4, -0.2) is 54.3 Å². The van der Waals surface area contributed by atoms with Crippen molar-refractivity contribution in [1.29, 1.82) is 0 Å². The zero-order valence-corrected chi connectivity index (χ0v) is 17.6. The van der Waals surface area contributed by atoms with E-state index in [0.29, 0.717) is 36.2 Å². The summed E-state index contributed by atoms with van der Waals surface area (Å²) >= 11 is 3.19. The summed E-state index contributed by atoms with van der Waals surface area (Å²) in [6, 6.07) is 10.3. The van der Waals surface area contributed by atoms with E-state index >= 15 is 0 Å². The van der Waals surface area contributed by atoms with Crippen LogP contribution in [0.4, 0.5) is 10.1 Å². The van der Waals surface area contributed by atoms with Crippen LogP contribution >= 0.6 is 15.9 Å². The number of carbonyl (C=O) groups is 2. The molecule has 0 bridgehead atoms. The van der Waals surface area contributed by atoms with Crippen molar-refractivity contribution in [3.63, 3.8) is 0 Å². The molecule has 0 unspecified atom stereocenters. The van der Waals surface area contributed by atoms with Gasteiger partial charge in [-0.3, -0.25) is 14.5 Å². The molecule has 2 aromatic rings. The van der Waals surface area contributed by atoms with Gasteiger partial charge in [-0.05, 0) is 55.3 Å². The van der Waals surface area contributed by atoms with Crippen molar-refractivity contribution < 1.29 is 14.0 Å². The topological polar surface area (TPSA) is 52.7 Å². The summed E-state index contributed by atoms with van der Waals surface area (Å²) in [6.45, 7) is 6.52. The molecule has 0 spiro atoms. The molecule has 1 N–H and O–H groups in total. The fraction of sp³-hybridized carbons (Fsp3) is 0.333. The predicted octanol–water partition coefficient (Wildman–Crippen LogP) is 3.60. The van der Waals surface area contributed by atoms with Gasteiger partial charge in [0, 0.05) is 36.2 Å². The van der Waals surface area contributed by atoms with E-state index in [4.69, 9.17) is 0 Å². The van der Waals surface area contributed by atoms with Crippen LogP contribution in [0.3, 0.4) is 0 Å². The maximum atomic E-state index is 13.8. The van der Waals surface area contributed by atoms with E-state index in [1.54, 1.807) is 6.07 Å². The van der Waals surface area contributed by atoms with Gasteiger partial charge in [-0.25, -0.2) is 4.39 Å². The number of hydrogen-bond acceptors (Lipinski definition) is 3. The van der Waals surface area contributed by atoms with Gasteiger partial charge in [-0.15, -0.1) is 0 Å². The van der Waals surface area contributed by atoms with Crippen LogP contribution in [0.15, 0.2) is 40.9 Å². The van der Waals surface area contributed by atoms with Gasteiger partial charge in [-0.1, -0.05) is 22.0 Å². The first-order valence-electron chi connectivity index (χ1n) is 9.17. The first kappa shape index (κ1) is 20.5. The lowest BCUT2D eigenvalue weighted by Crippen LogP contribution is -2.50. The molecule has 1 fully saturated rings. The number of aryl methyl sites for hydroxylation is 2. The van der Waals surface area contributed by atoms with Crippen molar-refractivity contribution in [1.82, 2.24) is 9.80 Å². The Hall–Kier alpha value is -2.25. The maximum absolute atomic E-state index is 13.8. The molecule has 1 heterocycles. The lowest BCUT2D eigenvalue weighted by Gasteiger charge is -2.34. The van der Waals surface area contributed by atoms with Crippen molar-refractivity contribution in [2.45, 2.75) is 13.8 Å². The van der Waals surface area contributed by atoms with E-state index in [1.807, 2.05) is 41.8 Å². The van der Waals surface area contributed by atoms with E-state index in [2.05, 4.69) is 21.2 Å². The van der Waals surface area contributed by atoms with E-state index in [0.717, 1.165) is 11.1 Å². The van der Waals surface area contributed by atoms with Crippen LogP contribution in [0.5, 0.6) is 0 Å². The SMILES string of the molecule is Cc1ccc(C(=O)N2CCN(CC(=O)Nc3ccc(Br)cc3F)CC2)cc1C. The molecule has 1 aliphatic heterocycles. The summed E-state index contributed by atoms with van der Waals surface area (Å²) in [6.07, 6.45) is 0. The fourth-order valence-corrected chi connectivity index (χ4v) is 3.48. The number of rotatable bonds is 4. The molecule has 5 nitrogen and oxygen atoms in total. The van der Waals surface area contributed by atoms with Crippen LogP contribution in [0.25, 0.3) is 0 Å². The smallest absolute Gasteiger partial charge is 0.253 e. The van der Waals surface area contributed by atoms with Crippen LogP contribution < -0.4 is 5.32 Å². The predicted molar refractivity (Wildman–Crippen MR) is 111 cm³/mol. The van der Waals surface area contributed by atoms with Gasteiger partial charge in [0.25, 0.3) is 5.91 Å². The summed E-state index contributed by atoms with van der Waals surface area (Å²) in [5, 5.41) is 2.60. The van der Waals surface area contributed by atoms with Gasteiger partial charge in [0.2, 0.25) is 5.91 Å². The third-order valence-corrected chi connectivity index (χ3v) is 5.48. The minimum Gasteiger partial charge on any atom is -0.336 e. The molecule has 3 rings (SSSR count). The summed E-state index contributed by atoms with van der Waals surface area (Å²) in [5.41, 5.74) is 3.12. The van der Waals surface area contributed by atoms with Crippen LogP contribution in [0.1, 0.15) is 21.5 Å². The van der Waals surface area contributed by atoms with Crippen molar-refractivity contribution in [3.05, 3.63) is 63.4 Å². The fourth-order valence-electron chi connectivity index (χ4n) is 3.15. The largest absolute Gasteiger partial charge is 0.336 e. The first-order valence-corrected chi connectivity index (χ1v) is 9.96. The zero-order valence-electron chi connectivity index (χ0n) is 16.0. The Balaban J connectivity index is 1.51. The molecule has 2 aromatic carbocycles. The Kier molecular flexibility index (Phi) is 6.46. The van der Waals surface area contributed by atoms with Crippen molar-refractivity contribution in [2.75, 3.05) is 38.0 Å². The molecule has 1 aliphatic rings. The Labute approximate surface area is 172 Å². The molecular weight excluding hydrogens is 425 g/mol. The molecule has 148 valence electrons. The second-order valence-corrected chi connectivity index (χ2v) is 7.96. The molecule has 0 radical (unpaired) electrons. The number of anilines is 1. The number of benzene rings is 2. The molecule has 2 amide bonds. The van der Waals surface area contributed by atoms with Crippen molar-refractivity contribution in [2.24, 2.45) is 0 Å². The van der Waals surface area contributed by atoms with Gasteiger partial charge >= 0.3 is 0 Å². The molecule has 0 saturated carbocycles. The summed E-state index contributed by atoms with van der Waals surface area (Å²) in [7, 11) is 0. The highest BCUT2D eigenvalue weighted by molar-refractivity contribution is 9.10. The second kappa shape index (κ2) is 8.84. The minimum absolute atomic E-state index is 0.0177. The molecule has 7 heteroatoms. The van der Waals surface area contributed by atoms with Crippen LogP contribution in [0, 0.1) is 19.7 Å². The van der Waals surface area contributed by atoms with E-state index in [9.17, 15) is 14.0 Å². The van der Waals surface area contributed by atoms with Gasteiger partial charge in [0.1, 0.15) is 5.82 Å². The molecule has 0 aromatic heterocycles. The average Bonchev–Trinajstić information content (AvgIpc) is 2.66. The second-order valence-electron chi connectivity index (χ2n) is 7.04. The van der Waals surface area contributed by atoms with Crippen LogP contribution in [0.2, 0.25) is 0 Å². The highest BCUT2D eigenvalue weighted by Gasteiger charge is 2.23. The summed E-state index contributed by atoms with van der Waals surface area (Å²) in [4.78, 5) is 28.7. The zero-order chi connectivity index (χ0) is 20.3. The Morgan fingerprint density at radius 1 is 1.04 bits per heavy atom. The molecule has 0 atom stereocenters. The quantitative estimate of drug-likeness (QED) is 0.778. The lowest BCUT2D eigenvalue weighted by molar-refractivity contribution is -0.117. The maximum Gasteiger partial charge on any atom is 0.253 e. The number of amides is 2. The van der Waals surface area contributed by atoms with E-state index < -0.39 is 5.82 Å². The van der Waals surface area contributed by atoms with Crippen molar-refractivity contribution in [3.8, 4) is 0 Å². The third-order valence-electron chi connectivity index (χ3n) is 4.99. The van der Waals surface area contributed by atoms with Crippen molar-refractivity contribution >= 4 is 33.4 Å². The number of halogens is 2. The number of carbonyl (C=O) groups excluding carboxylic acids is 2. The third kappa shape index (κ3) is 4.97. The molecular formula is C21H23BrFN3O2. The summed E-state index contributed by atoms with van der Waals surface area (Å²) in [5.74, 6) is -0.731. The number of piperazine rings is 1. The van der Waals surface area contributed by atoms with E-state index in [-0.39, 0.29) is 24.0 Å². The Morgan fingerprint density at radius 3 is 2.39 bits per heavy atom. The highest BCUT2D eigenvalue weighted by Crippen LogP contribution is 2.19. The minimum atomic E-state index is -0.480. The molecule has 28 heavy (non-hydrogen) atoms. The number of hydrogen-bond donors (Lipinski definition) is 1. The first-order chi connectivity index (χ1) is 13.3. The normalized spacial score (nSPS) is 14.8. The van der Waals surface area contributed by atoms with Gasteiger partial charge in [0.15, 0.2) is 0 Å². The monoisotopic (exact) mass is 447 g/mol. The van der Waals surface area contributed by atoms with E-state index in [1.165, 1.54) is 12.1 Å². The Bertz CT molecular complexity index is 895. The van der Waals surface area contributed by atoms with Gasteiger partial charge in [0.05, 0.1) is 12.2 Å². The number of nitrogens with one attached hydrogen (secondary N) is 1. The van der Waals surface area contributed by atoms with Crippen LogP contribution in [-0.2, 0) is 4.79 Å². The highest BCUT2D eigenvalue weighted by atomic mass is 79.9. The summed E-state index contributed by atoms with van der Waals surface area (Å²) < 4.78 is 14.5. The van der Waals surface area contributed by atoms with Gasteiger partial charge in [-0.2, -0.15) is 0 Å². The molecule has 0 aliphatic carbocycles. The molecule has 1 saturated heterocycles.